The molecule has 5 aromatic rings. The fraction of sp³-hybridized carbons (Fsp3) is 0. The summed E-state index contributed by atoms with van der Waals surface area (Å²) in [6.45, 7) is 0. The van der Waals surface area contributed by atoms with Gasteiger partial charge in [-0.1, -0.05) is 65.1 Å². The number of hydrogen-bond donors (Lipinski definition) is 0. The smallest absolute Gasteiger partial charge is 0.221 e. The van der Waals surface area contributed by atoms with Crippen molar-refractivity contribution < 1.29 is 9.21 Å². The van der Waals surface area contributed by atoms with Gasteiger partial charge in [-0.25, -0.2) is 4.68 Å². The Morgan fingerprint density at radius 2 is 1.60 bits per heavy atom. The van der Waals surface area contributed by atoms with Gasteiger partial charge in [-0.05, 0) is 66.7 Å². The number of benzene rings is 3. The van der Waals surface area contributed by atoms with Gasteiger partial charge >= 0.3 is 0 Å². The molecular weight excluding hydrogens is 503 g/mol. The first-order valence-electron chi connectivity index (χ1n) is 10.7. The first kappa shape index (κ1) is 23.2. The zero-order valence-corrected chi connectivity index (χ0v) is 20.4. The zero-order valence-electron chi connectivity index (χ0n) is 18.2. The predicted octanol–water partition coefficient (Wildman–Crippen LogP) is 8.66. The fourth-order valence-electron chi connectivity index (χ4n) is 3.60. The molecule has 0 bridgehead atoms. The molecule has 0 aliphatic rings. The molecule has 35 heavy (non-hydrogen) atoms. The van der Waals surface area contributed by atoms with Gasteiger partial charge in [-0.2, -0.15) is 5.10 Å². The van der Waals surface area contributed by atoms with Gasteiger partial charge in [0.05, 0.1) is 16.4 Å². The van der Waals surface area contributed by atoms with E-state index in [-0.39, 0.29) is 11.5 Å². The van der Waals surface area contributed by atoms with Gasteiger partial charge in [0.2, 0.25) is 5.78 Å². The Morgan fingerprint density at radius 3 is 2.37 bits per heavy atom. The van der Waals surface area contributed by atoms with Crippen molar-refractivity contribution in [2.24, 2.45) is 0 Å². The first-order chi connectivity index (χ1) is 17.0. The van der Waals surface area contributed by atoms with Crippen LogP contribution < -0.4 is 0 Å². The van der Waals surface area contributed by atoms with Crippen molar-refractivity contribution in [3.05, 3.63) is 124 Å². The van der Waals surface area contributed by atoms with Crippen molar-refractivity contribution in [3.8, 4) is 28.3 Å². The Kier molecular flexibility index (Phi) is 6.60. The number of para-hydroxylation sites is 1. The molecule has 0 atom stereocenters. The van der Waals surface area contributed by atoms with Crippen molar-refractivity contribution in [3.63, 3.8) is 0 Å². The summed E-state index contributed by atoms with van der Waals surface area (Å²) in [5, 5.41) is 6.40. The highest BCUT2D eigenvalue weighted by Gasteiger charge is 2.15. The van der Waals surface area contributed by atoms with Gasteiger partial charge in [-0.15, -0.1) is 0 Å². The number of carbonyl (C=O) groups excluding carboxylic acids is 1. The summed E-state index contributed by atoms with van der Waals surface area (Å²) in [6.07, 6.45) is 5.07. The monoisotopic (exact) mass is 518 g/mol. The molecule has 2 aromatic heterocycles. The van der Waals surface area contributed by atoms with E-state index in [2.05, 4.69) is 0 Å². The lowest BCUT2D eigenvalue weighted by Crippen LogP contribution is -1.93. The third-order valence-corrected chi connectivity index (χ3v) is 6.15. The molecule has 0 aliphatic carbocycles. The number of ketones is 1. The molecule has 4 nitrogen and oxygen atoms in total. The normalized spacial score (nSPS) is 11.3. The van der Waals surface area contributed by atoms with E-state index in [4.69, 9.17) is 44.3 Å². The standard InChI is InChI=1S/C28H17Cl3N2O2/c29-20-9-6-18(7-10-20)28-19(17-33(32-28)22-4-2-1-3-5-22)8-13-25(34)27-15-14-26(35-27)23-16-21(30)11-12-24(23)31/h1-17H/b13-8+. The maximum absolute atomic E-state index is 12.9. The van der Waals surface area contributed by atoms with E-state index in [0.717, 1.165) is 22.5 Å². The lowest BCUT2D eigenvalue weighted by molar-refractivity contribution is 0.102. The zero-order chi connectivity index (χ0) is 24.4. The summed E-state index contributed by atoms with van der Waals surface area (Å²) < 4.78 is 7.56. The van der Waals surface area contributed by atoms with E-state index < -0.39 is 0 Å². The number of furan rings is 1. The second-order valence-corrected chi connectivity index (χ2v) is 8.99. The van der Waals surface area contributed by atoms with Crippen molar-refractivity contribution in [1.29, 1.82) is 0 Å². The van der Waals surface area contributed by atoms with Crippen LogP contribution in [0.3, 0.4) is 0 Å². The molecule has 3 aromatic carbocycles. The lowest BCUT2D eigenvalue weighted by atomic mass is 10.1. The number of nitrogens with zero attached hydrogens (tertiary/aromatic N) is 2. The van der Waals surface area contributed by atoms with E-state index >= 15 is 0 Å². The van der Waals surface area contributed by atoms with Crippen LogP contribution in [-0.4, -0.2) is 15.6 Å². The van der Waals surface area contributed by atoms with Crippen LogP contribution in [0.15, 0.2) is 102 Å². The minimum absolute atomic E-state index is 0.191. The average Bonchev–Trinajstić information content (AvgIpc) is 3.53. The van der Waals surface area contributed by atoms with Crippen LogP contribution >= 0.6 is 34.8 Å². The van der Waals surface area contributed by atoms with Crippen molar-refractivity contribution >= 4 is 46.7 Å². The Morgan fingerprint density at radius 1 is 0.857 bits per heavy atom. The van der Waals surface area contributed by atoms with E-state index in [1.807, 2.05) is 60.8 Å². The molecule has 0 saturated carbocycles. The molecule has 5 rings (SSSR count). The molecule has 0 aliphatic heterocycles. The highest BCUT2D eigenvalue weighted by Crippen LogP contribution is 2.32. The molecule has 0 fully saturated rings. The SMILES string of the molecule is O=C(/C=C/c1cn(-c2ccccc2)nc1-c1ccc(Cl)cc1)c1ccc(-c2cc(Cl)ccc2Cl)o1. The molecule has 0 N–H and O–H groups in total. The molecule has 7 heteroatoms. The van der Waals surface area contributed by atoms with Gasteiger partial charge in [0, 0.05) is 32.9 Å². The highest BCUT2D eigenvalue weighted by atomic mass is 35.5. The maximum atomic E-state index is 12.9. The Bertz CT molecular complexity index is 1530. The average molecular weight is 520 g/mol. The van der Waals surface area contributed by atoms with Crippen molar-refractivity contribution in [1.82, 2.24) is 9.78 Å². The van der Waals surface area contributed by atoms with E-state index in [9.17, 15) is 4.79 Å². The third-order valence-electron chi connectivity index (χ3n) is 5.34. The molecule has 0 saturated heterocycles. The van der Waals surface area contributed by atoms with E-state index in [1.165, 1.54) is 6.08 Å². The van der Waals surface area contributed by atoms with Gasteiger partial charge < -0.3 is 4.42 Å². The number of hydrogen-bond acceptors (Lipinski definition) is 3. The quantitative estimate of drug-likeness (QED) is 0.167. The van der Waals surface area contributed by atoms with Crippen LogP contribution in [0, 0.1) is 0 Å². The first-order valence-corrected chi connectivity index (χ1v) is 11.8. The topological polar surface area (TPSA) is 48.0 Å². The molecule has 172 valence electrons. The van der Waals surface area contributed by atoms with Gasteiger partial charge in [0.25, 0.3) is 0 Å². The van der Waals surface area contributed by atoms with Gasteiger partial charge in [0.1, 0.15) is 5.76 Å². The summed E-state index contributed by atoms with van der Waals surface area (Å²) in [5.41, 5.74) is 3.90. The number of allylic oxidation sites excluding steroid dienone is 1. The number of halogens is 3. The summed E-state index contributed by atoms with van der Waals surface area (Å²) in [6, 6.07) is 25.6. The van der Waals surface area contributed by atoms with E-state index in [0.29, 0.717) is 26.4 Å². The van der Waals surface area contributed by atoms with Crippen LogP contribution in [0.4, 0.5) is 0 Å². The fourth-order valence-corrected chi connectivity index (χ4v) is 4.11. The minimum atomic E-state index is -0.288. The molecule has 0 spiro atoms. The van der Waals surface area contributed by atoms with Crippen molar-refractivity contribution in [2.45, 2.75) is 0 Å². The number of aromatic nitrogens is 2. The Balaban J connectivity index is 1.47. The third kappa shape index (κ3) is 5.10. The molecule has 0 radical (unpaired) electrons. The highest BCUT2D eigenvalue weighted by molar-refractivity contribution is 6.35. The molecular formula is C28H17Cl3N2O2. The number of carbonyl (C=O) groups is 1. The lowest BCUT2D eigenvalue weighted by Gasteiger charge is -2.01. The molecule has 0 unspecified atom stereocenters. The van der Waals surface area contributed by atoms with Gasteiger partial charge in [-0.3, -0.25) is 4.79 Å². The summed E-state index contributed by atoms with van der Waals surface area (Å²) in [7, 11) is 0. The molecule has 2 heterocycles. The predicted molar refractivity (Wildman–Crippen MR) is 142 cm³/mol. The Labute approximate surface area is 217 Å². The molecule has 0 amide bonds. The summed E-state index contributed by atoms with van der Waals surface area (Å²) in [4.78, 5) is 12.9. The van der Waals surface area contributed by atoms with Crippen molar-refractivity contribution in [2.75, 3.05) is 0 Å². The number of rotatable bonds is 6. The minimum Gasteiger partial charge on any atom is -0.453 e. The van der Waals surface area contributed by atoms with E-state index in [1.54, 1.807) is 41.1 Å². The summed E-state index contributed by atoms with van der Waals surface area (Å²) in [5.74, 6) is 0.368. The summed E-state index contributed by atoms with van der Waals surface area (Å²) >= 11 is 18.4. The van der Waals surface area contributed by atoms with Crippen LogP contribution in [0.5, 0.6) is 0 Å². The second kappa shape index (κ2) is 9.96. The van der Waals surface area contributed by atoms with Gasteiger partial charge in [0.15, 0.2) is 5.76 Å². The van der Waals surface area contributed by atoms with Crippen LogP contribution in [0.25, 0.3) is 34.3 Å². The van der Waals surface area contributed by atoms with Crippen LogP contribution in [0.2, 0.25) is 15.1 Å². The maximum Gasteiger partial charge on any atom is 0.221 e. The Hall–Kier alpha value is -3.57. The second-order valence-electron chi connectivity index (χ2n) is 7.71. The largest absolute Gasteiger partial charge is 0.453 e. The van der Waals surface area contributed by atoms with Crippen LogP contribution in [-0.2, 0) is 0 Å². The van der Waals surface area contributed by atoms with Crippen LogP contribution in [0.1, 0.15) is 16.1 Å².